The molecule has 0 spiro atoms. The zero-order valence-electron chi connectivity index (χ0n) is 26.4. The molecule has 4 atom stereocenters. The standard InChI is InChI=1S/C32H43NO11/c1-9-31(5,6)43-29(37)41-23-17-16-21(18-24(23)42-30(38)44-32(7,8)10-2)25(26(33)27(34)35)19(3)20(4)39-28(36)40-22-14-12-11-13-15-22/h11-20,25-26H,9-10,33H2,1-8H3,(H,34,35)/t19?,20?,25?,26-/m0/s1. The molecule has 0 saturated heterocycles. The summed E-state index contributed by atoms with van der Waals surface area (Å²) in [7, 11) is 0. The van der Waals surface area contributed by atoms with E-state index in [9.17, 15) is 24.3 Å². The minimum absolute atomic E-state index is 0.178. The summed E-state index contributed by atoms with van der Waals surface area (Å²) >= 11 is 0. The molecule has 12 nitrogen and oxygen atoms in total. The molecule has 0 fully saturated rings. The van der Waals surface area contributed by atoms with Gasteiger partial charge in [0.15, 0.2) is 11.5 Å². The maximum atomic E-state index is 12.7. The van der Waals surface area contributed by atoms with Crippen molar-refractivity contribution in [3.8, 4) is 17.2 Å². The molecule has 3 N–H and O–H groups in total. The fraction of sp³-hybridized carbons (Fsp3) is 0.500. The zero-order chi connectivity index (χ0) is 33.2. The van der Waals surface area contributed by atoms with Crippen LogP contribution in [-0.4, -0.2) is 52.9 Å². The molecule has 0 aromatic heterocycles. The number of hydrogen-bond donors (Lipinski definition) is 2. The molecule has 0 radical (unpaired) electrons. The van der Waals surface area contributed by atoms with Crippen LogP contribution in [0.25, 0.3) is 0 Å². The first-order chi connectivity index (χ1) is 20.5. The van der Waals surface area contributed by atoms with Gasteiger partial charge in [-0.15, -0.1) is 0 Å². The quantitative estimate of drug-likeness (QED) is 0.137. The Bertz CT molecular complexity index is 1290. The molecule has 12 heteroatoms. The third kappa shape index (κ3) is 10.7. The van der Waals surface area contributed by atoms with Crippen molar-refractivity contribution in [2.24, 2.45) is 11.7 Å². The summed E-state index contributed by atoms with van der Waals surface area (Å²) in [5, 5.41) is 9.85. The van der Waals surface area contributed by atoms with Crippen molar-refractivity contribution in [1.29, 1.82) is 0 Å². The van der Waals surface area contributed by atoms with E-state index in [-0.39, 0.29) is 17.2 Å². The zero-order valence-corrected chi connectivity index (χ0v) is 26.4. The van der Waals surface area contributed by atoms with Crippen LogP contribution in [0.5, 0.6) is 17.2 Å². The van der Waals surface area contributed by atoms with E-state index >= 15 is 0 Å². The number of carboxylic acids is 1. The minimum atomic E-state index is -1.47. The van der Waals surface area contributed by atoms with Gasteiger partial charge in [0.1, 0.15) is 29.1 Å². The number of nitrogens with two attached hydrogens (primary N) is 1. The van der Waals surface area contributed by atoms with Crippen molar-refractivity contribution in [3.63, 3.8) is 0 Å². The van der Waals surface area contributed by atoms with Gasteiger partial charge in [-0.05, 0) is 77.3 Å². The maximum Gasteiger partial charge on any atom is 0.514 e. The SMILES string of the molecule is CCC(C)(C)OC(=O)Oc1ccc(C(C(C)C(C)OC(=O)Oc2ccccc2)[C@H](N)C(=O)O)cc1OC(=O)OC(C)(C)CC. The number of carbonyl (C=O) groups is 4. The van der Waals surface area contributed by atoms with Gasteiger partial charge in [-0.25, -0.2) is 14.4 Å². The molecule has 2 rings (SSSR count). The maximum absolute atomic E-state index is 12.7. The lowest BCUT2D eigenvalue weighted by molar-refractivity contribution is -0.139. The molecule has 0 aliphatic rings. The van der Waals surface area contributed by atoms with Crippen LogP contribution >= 0.6 is 0 Å². The average molecular weight is 618 g/mol. The van der Waals surface area contributed by atoms with Crippen molar-refractivity contribution < 1.29 is 52.7 Å². The Hall–Kier alpha value is -4.32. The van der Waals surface area contributed by atoms with Crippen molar-refractivity contribution in [2.45, 2.75) is 97.5 Å². The molecule has 0 heterocycles. The first kappa shape index (κ1) is 35.9. The van der Waals surface area contributed by atoms with E-state index in [4.69, 9.17) is 34.2 Å². The van der Waals surface area contributed by atoms with Gasteiger partial charge in [-0.2, -0.15) is 0 Å². The Morgan fingerprint density at radius 1 is 0.773 bits per heavy atom. The molecule has 0 aliphatic carbocycles. The summed E-state index contributed by atoms with van der Waals surface area (Å²) in [6, 6.07) is 10.9. The van der Waals surface area contributed by atoms with E-state index in [1.165, 1.54) is 18.2 Å². The van der Waals surface area contributed by atoms with Crippen LogP contribution in [0.3, 0.4) is 0 Å². The monoisotopic (exact) mass is 617 g/mol. The number of carbonyl (C=O) groups excluding carboxylic acids is 3. The summed E-state index contributed by atoms with van der Waals surface area (Å²) in [5.41, 5.74) is 4.75. The molecule has 2 aromatic carbocycles. The minimum Gasteiger partial charge on any atom is -0.480 e. The topological polar surface area (TPSA) is 170 Å². The van der Waals surface area contributed by atoms with Crippen molar-refractivity contribution in [2.75, 3.05) is 0 Å². The third-order valence-corrected chi connectivity index (χ3v) is 7.37. The van der Waals surface area contributed by atoms with Crippen LogP contribution in [0.1, 0.15) is 79.7 Å². The van der Waals surface area contributed by atoms with Gasteiger partial charge in [-0.1, -0.05) is 45.0 Å². The highest BCUT2D eigenvalue weighted by Gasteiger charge is 2.36. The Morgan fingerprint density at radius 3 is 1.80 bits per heavy atom. The van der Waals surface area contributed by atoms with Gasteiger partial charge in [0.25, 0.3) is 0 Å². The molecular formula is C32H43NO11. The summed E-state index contributed by atoms with van der Waals surface area (Å²) in [4.78, 5) is 49.8. The first-order valence-corrected chi connectivity index (χ1v) is 14.4. The molecule has 242 valence electrons. The van der Waals surface area contributed by atoms with Gasteiger partial charge >= 0.3 is 24.4 Å². The van der Waals surface area contributed by atoms with E-state index in [2.05, 4.69) is 0 Å². The Kier molecular flexibility index (Phi) is 12.6. The normalized spacial score (nSPS) is 14.3. The third-order valence-electron chi connectivity index (χ3n) is 7.37. The molecule has 0 saturated carbocycles. The van der Waals surface area contributed by atoms with Crippen LogP contribution in [0.15, 0.2) is 48.5 Å². The van der Waals surface area contributed by atoms with Crippen LogP contribution < -0.4 is 19.9 Å². The van der Waals surface area contributed by atoms with Crippen LogP contribution in [-0.2, 0) is 19.0 Å². The van der Waals surface area contributed by atoms with E-state index < -0.39 is 59.6 Å². The van der Waals surface area contributed by atoms with Crippen molar-refractivity contribution in [1.82, 2.24) is 0 Å². The predicted molar refractivity (Wildman–Crippen MR) is 160 cm³/mol. The fourth-order valence-corrected chi connectivity index (χ4v) is 3.86. The Morgan fingerprint density at radius 2 is 1.30 bits per heavy atom. The number of hydrogen-bond acceptors (Lipinski definition) is 11. The smallest absolute Gasteiger partial charge is 0.480 e. The van der Waals surface area contributed by atoms with Gasteiger partial charge in [0, 0.05) is 11.8 Å². The molecule has 3 unspecified atom stereocenters. The van der Waals surface area contributed by atoms with Gasteiger partial charge in [0.2, 0.25) is 0 Å². The van der Waals surface area contributed by atoms with E-state index in [0.29, 0.717) is 18.4 Å². The highest BCUT2D eigenvalue weighted by atomic mass is 16.8. The van der Waals surface area contributed by atoms with E-state index in [1.54, 1.807) is 71.9 Å². The average Bonchev–Trinajstić information content (AvgIpc) is 2.94. The number of benzene rings is 2. The Balaban J connectivity index is 2.44. The van der Waals surface area contributed by atoms with Crippen molar-refractivity contribution >= 4 is 24.4 Å². The lowest BCUT2D eigenvalue weighted by Crippen LogP contribution is -2.43. The highest BCUT2D eigenvalue weighted by Crippen LogP contribution is 2.38. The number of para-hydroxylation sites is 1. The number of aliphatic carboxylic acids is 1. The largest absolute Gasteiger partial charge is 0.514 e. The summed E-state index contributed by atoms with van der Waals surface area (Å²) in [6.07, 6.45) is -2.98. The molecular weight excluding hydrogens is 574 g/mol. The van der Waals surface area contributed by atoms with Gasteiger partial charge < -0.3 is 39.3 Å². The molecule has 44 heavy (non-hydrogen) atoms. The lowest BCUT2D eigenvalue weighted by atomic mass is 9.79. The molecule has 0 aliphatic heterocycles. The molecule has 2 aromatic rings. The number of rotatable bonds is 13. The van der Waals surface area contributed by atoms with Crippen molar-refractivity contribution in [3.05, 3.63) is 54.1 Å². The second-order valence-electron chi connectivity index (χ2n) is 11.6. The second kappa shape index (κ2) is 15.4. The fourth-order valence-electron chi connectivity index (χ4n) is 3.86. The van der Waals surface area contributed by atoms with Gasteiger partial charge in [0.05, 0.1) is 0 Å². The predicted octanol–water partition coefficient (Wildman–Crippen LogP) is 6.83. The second-order valence-corrected chi connectivity index (χ2v) is 11.6. The van der Waals surface area contributed by atoms with Gasteiger partial charge in [-0.3, -0.25) is 4.79 Å². The van der Waals surface area contributed by atoms with E-state index in [1.807, 2.05) is 13.8 Å². The number of ether oxygens (including phenoxy) is 6. The molecule has 0 amide bonds. The molecule has 0 bridgehead atoms. The van der Waals surface area contributed by atoms with Crippen LogP contribution in [0.4, 0.5) is 14.4 Å². The summed E-state index contributed by atoms with van der Waals surface area (Å²) in [5.74, 6) is -3.13. The Labute approximate surface area is 257 Å². The first-order valence-electron chi connectivity index (χ1n) is 14.4. The highest BCUT2D eigenvalue weighted by molar-refractivity contribution is 5.75. The van der Waals surface area contributed by atoms with E-state index in [0.717, 1.165) is 0 Å². The summed E-state index contributed by atoms with van der Waals surface area (Å²) < 4.78 is 32.2. The lowest BCUT2D eigenvalue weighted by Gasteiger charge is -2.31. The van der Waals surface area contributed by atoms with Crippen LogP contribution in [0.2, 0.25) is 0 Å². The van der Waals surface area contributed by atoms with Crippen LogP contribution in [0, 0.1) is 5.92 Å². The number of carboxylic acid groups (broad SMARTS) is 1. The summed E-state index contributed by atoms with van der Waals surface area (Å²) in [6.45, 7) is 13.7.